The summed E-state index contributed by atoms with van der Waals surface area (Å²) in [5, 5.41) is -0.626. The van der Waals surface area contributed by atoms with Gasteiger partial charge in [-0.1, -0.05) is 23.2 Å². The average molecular weight is 449 g/mol. The van der Waals surface area contributed by atoms with Gasteiger partial charge in [-0.25, -0.2) is 14.2 Å². The van der Waals surface area contributed by atoms with Crippen molar-refractivity contribution < 1.29 is 27.1 Å². The van der Waals surface area contributed by atoms with Gasteiger partial charge in [-0.3, -0.25) is 9.36 Å². The van der Waals surface area contributed by atoms with Crippen LogP contribution in [0.2, 0.25) is 10.0 Å². The van der Waals surface area contributed by atoms with Crippen LogP contribution in [-0.4, -0.2) is 22.1 Å². The summed E-state index contributed by atoms with van der Waals surface area (Å²) in [6.45, 7) is 1.40. The fourth-order valence-electron chi connectivity index (χ4n) is 2.65. The van der Waals surface area contributed by atoms with Gasteiger partial charge in [0.05, 0.1) is 17.3 Å². The van der Waals surface area contributed by atoms with E-state index in [1.165, 1.54) is 13.0 Å². The zero-order chi connectivity index (χ0) is 21.5. The molecule has 0 amide bonds. The van der Waals surface area contributed by atoms with E-state index >= 15 is 0 Å². The van der Waals surface area contributed by atoms with Gasteiger partial charge in [0.15, 0.2) is 0 Å². The van der Waals surface area contributed by atoms with Gasteiger partial charge >= 0.3 is 12.1 Å². The summed E-state index contributed by atoms with van der Waals surface area (Å²) in [5.74, 6) is -2.12. The van der Waals surface area contributed by atoms with E-state index in [1.54, 1.807) is 0 Å². The molecule has 5 nitrogen and oxygen atoms in total. The van der Waals surface area contributed by atoms with Gasteiger partial charge in [0.25, 0.3) is 5.56 Å². The fraction of sp³-hybridized carbons (Fsp3) is 0.167. The molecule has 0 aliphatic rings. The minimum atomic E-state index is -4.83. The number of esters is 1. The minimum Gasteiger partial charge on any atom is -0.462 e. The Hall–Kier alpha value is -2.65. The Balaban J connectivity index is 2.50. The maximum absolute atomic E-state index is 14.5. The Labute approximate surface area is 170 Å². The molecule has 0 N–H and O–H groups in total. The van der Waals surface area contributed by atoms with Crippen LogP contribution in [0.15, 0.2) is 35.1 Å². The van der Waals surface area contributed by atoms with Crippen LogP contribution in [-0.2, 0) is 10.9 Å². The summed E-state index contributed by atoms with van der Waals surface area (Å²) in [6, 6.07) is 4.74. The molecule has 2 aromatic heterocycles. The second-order valence-electron chi connectivity index (χ2n) is 5.71. The van der Waals surface area contributed by atoms with Crippen LogP contribution in [0.1, 0.15) is 23.0 Å². The standard InChI is InChI=1S/C18H10Cl2F4N2O3/c1-2-29-17(28)13-14(20)9-4-6-12(18(22,23)24)25-15(9)26(16(13)27)11-5-3-8(19)7-10(11)21/h3-7H,2H2,1H3. The number of carbonyl (C=O) groups is 1. The molecular weight excluding hydrogens is 439 g/mol. The van der Waals surface area contributed by atoms with E-state index < -0.39 is 51.1 Å². The molecule has 3 rings (SSSR count). The minimum absolute atomic E-state index is 0.00729. The lowest BCUT2D eigenvalue weighted by Crippen LogP contribution is -2.29. The molecule has 0 saturated heterocycles. The van der Waals surface area contributed by atoms with Gasteiger partial charge in [-0.15, -0.1) is 0 Å². The average Bonchev–Trinajstić information content (AvgIpc) is 2.62. The molecule has 0 fully saturated rings. The maximum atomic E-state index is 14.5. The second kappa shape index (κ2) is 7.64. The van der Waals surface area contributed by atoms with Gasteiger partial charge in [-0.2, -0.15) is 13.2 Å². The predicted molar refractivity (Wildman–Crippen MR) is 98.3 cm³/mol. The Bertz CT molecular complexity index is 1190. The fourth-order valence-corrected chi connectivity index (χ4v) is 3.12. The largest absolute Gasteiger partial charge is 0.462 e. The Kier molecular flexibility index (Phi) is 5.55. The number of rotatable bonds is 3. The SMILES string of the molecule is CCOC(=O)c1c(Cl)c2ccc(C(F)(F)F)nc2n(-c2ccc(Cl)cc2F)c1=O. The van der Waals surface area contributed by atoms with Crippen LogP contribution >= 0.6 is 23.2 Å². The van der Waals surface area contributed by atoms with Crippen molar-refractivity contribution in [2.24, 2.45) is 0 Å². The highest BCUT2D eigenvalue weighted by molar-refractivity contribution is 6.38. The number of benzene rings is 1. The van der Waals surface area contributed by atoms with Crippen molar-refractivity contribution in [1.82, 2.24) is 9.55 Å². The normalized spacial score (nSPS) is 11.7. The molecule has 0 atom stereocenters. The number of fused-ring (bicyclic) bond motifs is 1. The van der Waals surface area contributed by atoms with Crippen molar-refractivity contribution in [2.75, 3.05) is 6.61 Å². The van der Waals surface area contributed by atoms with E-state index in [0.717, 1.165) is 18.2 Å². The summed E-state index contributed by atoms with van der Waals surface area (Å²) in [6.07, 6.45) is -4.83. The number of halogens is 6. The summed E-state index contributed by atoms with van der Waals surface area (Å²) >= 11 is 11.8. The van der Waals surface area contributed by atoms with Crippen LogP contribution in [0.25, 0.3) is 16.7 Å². The summed E-state index contributed by atoms with van der Waals surface area (Å²) < 4.78 is 59.3. The molecule has 0 aliphatic heterocycles. The van der Waals surface area contributed by atoms with Crippen molar-refractivity contribution in [1.29, 1.82) is 0 Å². The molecular formula is C18H10Cl2F4N2O3. The first-order valence-corrected chi connectivity index (χ1v) is 8.76. The van der Waals surface area contributed by atoms with Gasteiger partial charge in [-0.05, 0) is 37.3 Å². The molecule has 152 valence electrons. The molecule has 11 heteroatoms. The molecule has 0 saturated carbocycles. The van der Waals surface area contributed by atoms with Gasteiger partial charge < -0.3 is 4.74 Å². The van der Waals surface area contributed by atoms with Crippen LogP contribution in [0.3, 0.4) is 0 Å². The van der Waals surface area contributed by atoms with Gasteiger partial charge in [0, 0.05) is 10.4 Å². The summed E-state index contributed by atoms with van der Waals surface area (Å²) in [4.78, 5) is 28.7. The number of aromatic nitrogens is 2. The third-order valence-corrected chi connectivity index (χ3v) is 4.51. The van der Waals surface area contributed by atoms with E-state index in [-0.39, 0.29) is 17.0 Å². The van der Waals surface area contributed by atoms with E-state index in [9.17, 15) is 27.2 Å². The molecule has 0 spiro atoms. The number of nitrogens with zero attached hydrogens (tertiary/aromatic N) is 2. The Morgan fingerprint density at radius 2 is 1.90 bits per heavy atom. The molecule has 0 aliphatic carbocycles. The molecule has 0 bridgehead atoms. The third kappa shape index (κ3) is 3.79. The molecule has 0 unspecified atom stereocenters. The third-order valence-electron chi connectivity index (χ3n) is 3.88. The highest BCUT2D eigenvalue weighted by atomic mass is 35.5. The van der Waals surface area contributed by atoms with E-state index in [0.29, 0.717) is 10.6 Å². The highest BCUT2D eigenvalue weighted by Gasteiger charge is 2.34. The van der Waals surface area contributed by atoms with Gasteiger partial charge in [0.1, 0.15) is 22.7 Å². The lowest BCUT2D eigenvalue weighted by atomic mass is 10.1. The highest BCUT2D eigenvalue weighted by Crippen LogP contribution is 2.32. The van der Waals surface area contributed by atoms with E-state index in [1.807, 2.05) is 0 Å². The topological polar surface area (TPSA) is 61.2 Å². The maximum Gasteiger partial charge on any atom is 0.433 e. The lowest BCUT2D eigenvalue weighted by molar-refractivity contribution is -0.141. The van der Waals surface area contributed by atoms with Crippen LogP contribution in [0, 0.1) is 5.82 Å². The van der Waals surface area contributed by atoms with Crippen molar-refractivity contribution in [3.05, 3.63) is 67.8 Å². The van der Waals surface area contributed by atoms with Crippen molar-refractivity contribution in [3.8, 4) is 5.69 Å². The predicted octanol–water partition coefficient (Wildman–Crippen LogP) is 5.03. The number of ether oxygens (including phenoxy) is 1. The quantitative estimate of drug-likeness (QED) is 0.416. The number of carbonyl (C=O) groups excluding carboxylic acids is 1. The van der Waals surface area contributed by atoms with Crippen molar-refractivity contribution in [3.63, 3.8) is 0 Å². The number of hydrogen-bond acceptors (Lipinski definition) is 4. The first kappa shape index (κ1) is 21.1. The Morgan fingerprint density at radius 1 is 1.21 bits per heavy atom. The zero-order valence-electron chi connectivity index (χ0n) is 14.5. The van der Waals surface area contributed by atoms with Gasteiger partial charge in [0.2, 0.25) is 0 Å². The lowest BCUT2D eigenvalue weighted by Gasteiger charge is -2.16. The Morgan fingerprint density at radius 3 is 2.48 bits per heavy atom. The number of hydrogen-bond donors (Lipinski definition) is 0. The van der Waals surface area contributed by atoms with Crippen LogP contribution < -0.4 is 5.56 Å². The first-order valence-electron chi connectivity index (χ1n) is 8.01. The molecule has 3 aromatic rings. The van der Waals surface area contributed by atoms with Crippen LogP contribution in [0.5, 0.6) is 0 Å². The number of alkyl halides is 3. The van der Waals surface area contributed by atoms with Crippen LogP contribution in [0.4, 0.5) is 17.6 Å². The molecule has 2 heterocycles. The second-order valence-corrected chi connectivity index (χ2v) is 6.53. The van der Waals surface area contributed by atoms with E-state index in [2.05, 4.69) is 4.98 Å². The van der Waals surface area contributed by atoms with E-state index in [4.69, 9.17) is 27.9 Å². The number of pyridine rings is 2. The van der Waals surface area contributed by atoms with Crippen molar-refractivity contribution >= 4 is 40.2 Å². The molecule has 1 aromatic carbocycles. The summed E-state index contributed by atoms with van der Waals surface area (Å²) in [7, 11) is 0. The molecule has 29 heavy (non-hydrogen) atoms. The monoisotopic (exact) mass is 448 g/mol. The zero-order valence-corrected chi connectivity index (χ0v) is 16.0. The summed E-state index contributed by atoms with van der Waals surface area (Å²) in [5.41, 5.74) is -4.21. The first-order chi connectivity index (χ1) is 13.6. The molecule has 0 radical (unpaired) electrons. The smallest absolute Gasteiger partial charge is 0.433 e. The van der Waals surface area contributed by atoms with Crippen molar-refractivity contribution in [2.45, 2.75) is 13.1 Å².